The second-order valence-corrected chi connectivity index (χ2v) is 8.51. The molecule has 1 saturated heterocycles. The van der Waals surface area contributed by atoms with Gasteiger partial charge in [-0.15, -0.1) is 0 Å². The maximum absolute atomic E-state index is 12.8. The molecule has 2 fully saturated rings. The van der Waals surface area contributed by atoms with Crippen molar-refractivity contribution in [2.75, 3.05) is 6.54 Å². The predicted octanol–water partition coefficient (Wildman–Crippen LogP) is 3.19. The topological polar surface area (TPSA) is 50.3 Å². The van der Waals surface area contributed by atoms with E-state index in [1.54, 1.807) is 16.6 Å². The Bertz CT molecular complexity index is 585. The van der Waals surface area contributed by atoms with Crippen LogP contribution in [0.15, 0.2) is 27.8 Å². The zero-order chi connectivity index (χ0) is 14.2. The van der Waals surface area contributed by atoms with Crippen LogP contribution in [0.1, 0.15) is 38.5 Å². The summed E-state index contributed by atoms with van der Waals surface area (Å²) in [6.07, 6.45) is 9.87. The van der Waals surface area contributed by atoms with Crippen LogP contribution in [0.2, 0.25) is 0 Å². The normalized spacial score (nSPS) is 25.4. The molecule has 0 N–H and O–H groups in total. The molecule has 1 aromatic heterocycles. The van der Waals surface area contributed by atoms with Crippen molar-refractivity contribution in [3.05, 3.63) is 22.9 Å². The van der Waals surface area contributed by atoms with E-state index in [9.17, 15) is 8.42 Å². The number of rotatable bonds is 3. The van der Waals surface area contributed by atoms with Crippen LogP contribution in [0.3, 0.4) is 0 Å². The van der Waals surface area contributed by atoms with E-state index in [0.29, 0.717) is 21.8 Å². The van der Waals surface area contributed by atoms with E-state index in [2.05, 4.69) is 20.9 Å². The van der Waals surface area contributed by atoms with Gasteiger partial charge in [0.05, 0.1) is 0 Å². The monoisotopic (exact) mass is 358 g/mol. The first-order valence-electron chi connectivity index (χ1n) is 7.21. The highest BCUT2D eigenvalue weighted by atomic mass is 79.9. The molecule has 3 rings (SSSR count). The zero-order valence-electron chi connectivity index (χ0n) is 11.3. The maximum atomic E-state index is 12.8. The first-order chi connectivity index (χ1) is 9.59. The lowest BCUT2D eigenvalue weighted by molar-refractivity contribution is 0.288. The highest BCUT2D eigenvalue weighted by Gasteiger charge is 2.40. The van der Waals surface area contributed by atoms with Crippen LogP contribution in [-0.4, -0.2) is 30.3 Å². The summed E-state index contributed by atoms with van der Waals surface area (Å²) in [5, 5.41) is 0. The van der Waals surface area contributed by atoms with E-state index in [0.717, 1.165) is 12.8 Å². The van der Waals surface area contributed by atoms with Crippen molar-refractivity contribution < 1.29 is 8.42 Å². The fourth-order valence-corrected chi connectivity index (χ4v) is 5.81. The van der Waals surface area contributed by atoms with Crippen LogP contribution in [0.25, 0.3) is 0 Å². The SMILES string of the molecule is O=S(=O)(c1cncc(Br)c1)N1CCCC1C1CCCC1. The summed E-state index contributed by atoms with van der Waals surface area (Å²) in [6.45, 7) is 0.649. The van der Waals surface area contributed by atoms with Crippen molar-refractivity contribution >= 4 is 26.0 Å². The van der Waals surface area contributed by atoms with Crippen molar-refractivity contribution in [3.63, 3.8) is 0 Å². The molecule has 0 radical (unpaired) electrons. The molecule has 0 amide bonds. The van der Waals surface area contributed by atoms with Crippen molar-refractivity contribution in [2.45, 2.75) is 49.5 Å². The summed E-state index contributed by atoms with van der Waals surface area (Å²) in [4.78, 5) is 4.29. The Hall–Kier alpha value is -0.460. The van der Waals surface area contributed by atoms with Crippen LogP contribution >= 0.6 is 15.9 Å². The Labute approximate surface area is 128 Å². The number of pyridine rings is 1. The van der Waals surface area contributed by atoms with Crippen LogP contribution < -0.4 is 0 Å². The molecule has 1 unspecified atom stereocenters. The minimum absolute atomic E-state index is 0.196. The number of halogens is 1. The Morgan fingerprint density at radius 3 is 2.60 bits per heavy atom. The summed E-state index contributed by atoms with van der Waals surface area (Å²) in [7, 11) is -3.41. The van der Waals surface area contributed by atoms with Crippen LogP contribution in [-0.2, 0) is 10.0 Å². The summed E-state index contributed by atoms with van der Waals surface area (Å²) >= 11 is 3.30. The minimum atomic E-state index is -3.41. The molecule has 1 aliphatic heterocycles. The van der Waals surface area contributed by atoms with Gasteiger partial charge in [-0.05, 0) is 53.6 Å². The van der Waals surface area contributed by atoms with Gasteiger partial charge in [-0.2, -0.15) is 4.31 Å². The molecule has 4 nitrogen and oxygen atoms in total. The van der Waals surface area contributed by atoms with Gasteiger partial charge in [-0.25, -0.2) is 8.42 Å². The molecule has 110 valence electrons. The van der Waals surface area contributed by atoms with Crippen molar-refractivity contribution in [1.82, 2.24) is 9.29 Å². The summed E-state index contributed by atoms with van der Waals surface area (Å²) in [6, 6.07) is 1.84. The van der Waals surface area contributed by atoms with E-state index in [-0.39, 0.29) is 6.04 Å². The minimum Gasteiger partial charge on any atom is -0.262 e. The van der Waals surface area contributed by atoms with Gasteiger partial charge >= 0.3 is 0 Å². The number of hydrogen-bond donors (Lipinski definition) is 0. The first-order valence-corrected chi connectivity index (χ1v) is 9.45. The van der Waals surface area contributed by atoms with Crippen LogP contribution in [0.5, 0.6) is 0 Å². The lowest BCUT2D eigenvalue weighted by Gasteiger charge is -2.28. The summed E-state index contributed by atoms with van der Waals surface area (Å²) in [5.41, 5.74) is 0. The van der Waals surface area contributed by atoms with Gasteiger partial charge in [0.25, 0.3) is 0 Å². The van der Waals surface area contributed by atoms with Gasteiger partial charge in [0.1, 0.15) is 4.90 Å². The van der Waals surface area contributed by atoms with Gasteiger partial charge in [0.15, 0.2) is 0 Å². The molecule has 1 atom stereocenters. The molecule has 0 bridgehead atoms. The molecule has 20 heavy (non-hydrogen) atoms. The summed E-state index contributed by atoms with van der Waals surface area (Å²) < 4.78 is 28.1. The van der Waals surface area contributed by atoms with Gasteiger partial charge in [0, 0.05) is 29.5 Å². The van der Waals surface area contributed by atoms with Crippen molar-refractivity contribution in [3.8, 4) is 0 Å². The molecule has 1 aromatic rings. The molecule has 2 heterocycles. The van der Waals surface area contributed by atoms with E-state index in [1.807, 2.05) is 0 Å². The van der Waals surface area contributed by atoms with Gasteiger partial charge in [-0.3, -0.25) is 4.98 Å². The second kappa shape index (κ2) is 5.73. The third-order valence-corrected chi connectivity index (χ3v) is 6.80. The lowest BCUT2D eigenvalue weighted by atomic mass is 9.97. The van der Waals surface area contributed by atoms with Gasteiger partial charge in [-0.1, -0.05) is 12.8 Å². The fraction of sp³-hybridized carbons (Fsp3) is 0.643. The molecule has 1 saturated carbocycles. The number of sulfonamides is 1. The van der Waals surface area contributed by atoms with Crippen molar-refractivity contribution in [1.29, 1.82) is 0 Å². The standard InChI is InChI=1S/C14H19BrN2O2S/c15-12-8-13(10-16-9-12)20(18,19)17-7-3-6-14(17)11-4-1-2-5-11/h8-11,14H,1-7H2. The van der Waals surface area contributed by atoms with Gasteiger partial charge < -0.3 is 0 Å². The first kappa shape index (κ1) is 14.5. The van der Waals surface area contributed by atoms with Crippen molar-refractivity contribution in [2.24, 2.45) is 5.92 Å². The van der Waals surface area contributed by atoms with Crippen LogP contribution in [0, 0.1) is 5.92 Å². The molecular weight excluding hydrogens is 340 g/mol. The van der Waals surface area contributed by atoms with Crippen LogP contribution in [0.4, 0.5) is 0 Å². The third-order valence-electron chi connectivity index (χ3n) is 4.48. The number of hydrogen-bond acceptors (Lipinski definition) is 3. The smallest absolute Gasteiger partial charge is 0.244 e. The third kappa shape index (κ3) is 2.65. The average Bonchev–Trinajstić information content (AvgIpc) is 3.09. The predicted molar refractivity (Wildman–Crippen MR) is 80.8 cm³/mol. The Kier molecular flexibility index (Phi) is 4.15. The molecule has 0 spiro atoms. The largest absolute Gasteiger partial charge is 0.262 e. The Balaban J connectivity index is 1.89. The molecule has 0 aromatic carbocycles. The van der Waals surface area contributed by atoms with E-state index >= 15 is 0 Å². The van der Waals surface area contributed by atoms with Gasteiger partial charge in [0.2, 0.25) is 10.0 Å². The fourth-order valence-electron chi connectivity index (χ4n) is 3.55. The molecule has 6 heteroatoms. The Morgan fingerprint density at radius 1 is 1.15 bits per heavy atom. The lowest BCUT2D eigenvalue weighted by Crippen LogP contribution is -2.39. The average molecular weight is 359 g/mol. The number of aromatic nitrogens is 1. The van der Waals surface area contributed by atoms with E-state index in [4.69, 9.17) is 0 Å². The highest BCUT2D eigenvalue weighted by Crippen LogP contribution is 2.38. The zero-order valence-corrected chi connectivity index (χ0v) is 13.7. The second-order valence-electron chi connectivity index (χ2n) is 5.71. The molecule has 1 aliphatic carbocycles. The van der Waals surface area contributed by atoms with E-state index < -0.39 is 10.0 Å². The van der Waals surface area contributed by atoms with E-state index in [1.165, 1.54) is 31.9 Å². The number of nitrogens with zero attached hydrogens (tertiary/aromatic N) is 2. The Morgan fingerprint density at radius 2 is 1.90 bits per heavy atom. The molecule has 2 aliphatic rings. The molecular formula is C14H19BrN2O2S. The highest BCUT2D eigenvalue weighted by molar-refractivity contribution is 9.10. The quantitative estimate of drug-likeness (QED) is 0.833. The maximum Gasteiger partial charge on any atom is 0.244 e. The summed E-state index contributed by atoms with van der Waals surface area (Å²) in [5.74, 6) is 0.549.